The minimum Gasteiger partial charge on any atom is -0.496 e. The molecule has 5 heteroatoms. The van der Waals surface area contributed by atoms with Crippen LogP contribution in [0.15, 0.2) is 30.0 Å². The van der Waals surface area contributed by atoms with Crippen LogP contribution in [0.1, 0.15) is 12.0 Å². The van der Waals surface area contributed by atoms with Crippen molar-refractivity contribution in [1.29, 1.82) is 0 Å². The first-order valence-corrected chi connectivity index (χ1v) is 5.82. The van der Waals surface area contributed by atoms with Gasteiger partial charge in [0.25, 0.3) is 0 Å². The van der Waals surface area contributed by atoms with Crippen LogP contribution in [0.25, 0.3) is 0 Å². The van der Waals surface area contributed by atoms with Crippen LogP contribution in [0.4, 0.5) is 4.39 Å². The fraction of sp³-hybridized carbons (Fsp3) is 0.333. The van der Waals surface area contributed by atoms with E-state index in [9.17, 15) is 4.39 Å². The molecule has 1 unspecified atom stereocenters. The second kappa shape index (κ2) is 5.49. The summed E-state index contributed by atoms with van der Waals surface area (Å²) in [6, 6.07) is 4.72. The second-order valence-corrected chi connectivity index (χ2v) is 4.29. The van der Waals surface area contributed by atoms with Gasteiger partial charge in [-0.15, -0.1) is 0 Å². The summed E-state index contributed by atoms with van der Waals surface area (Å²) in [6.07, 6.45) is 3.24. The Bertz CT molecular complexity index is 437. The molecule has 2 rings (SSSR count). The second-order valence-electron chi connectivity index (χ2n) is 3.88. The number of hydrazine groups is 1. The number of nitrogens with two attached hydrogens (primary N) is 1. The normalized spacial score (nSPS) is 16.5. The topological polar surface area (TPSA) is 47.3 Å². The molecule has 1 aliphatic rings. The quantitative estimate of drug-likeness (QED) is 0.641. The van der Waals surface area contributed by atoms with Crippen LogP contribution in [-0.2, 0) is 11.2 Å². The Labute approximate surface area is 104 Å². The molecule has 1 atom stereocenters. The van der Waals surface area contributed by atoms with Crippen molar-refractivity contribution in [2.24, 2.45) is 5.84 Å². The summed E-state index contributed by atoms with van der Waals surface area (Å²) in [5.41, 5.74) is 3.16. The average molecular weight is 257 g/mol. The van der Waals surface area contributed by atoms with E-state index < -0.39 is 5.82 Å². The molecule has 1 aromatic rings. The van der Waals surface area contributed by atoms with E-state index in [1.54, 1.807) is 12.1 Å². The van der Waals surface area contributed by atoms with Gasteiger partial charge in [0.05, 0.1) is 17.7 Å². The van der Waals surface area contributed by atoms with Gasteiger partial charge in [-0.05, 0) is 24.1 Å². The molecule has 0 fully saturated rings. The molecule has 17 heavy (non-hydrogen) atoms. The van der Waals surface area contributed by atoms with Crippen molar-refractivity contribution in [3.8, 4) is 0 Å². The monoisotopic (exact) mass is 256 g/mol. The van der Waals surface area contributed by atoms with Crippen LogP contribution < -0.4 is 11.3 Å². The summed E-state index contributed by atoms with van der Waals surface area (Å²) >= 11 is 5.73. The third-order valence-corrected chi connectivity index (χ3v) is 3.02. The van der Waals surface area contributed by atoms with Crippen LogP contribution in [-0.4, -0.2) is 12.6 Å². The molecule has 3 N–H and O–H groups in total. The molecular weight excluding hydrogens is 243 g/mol. The highest BCUT2D eigenvalue weighted by Crippen LogP contribution is 2.22. The zero-order chi connectivity index (χ0) is 12.3. The first-order valence-electron chi connectivity index (χ1n) is 5.44. The van der Waals surface area contributed by atoms with Crippen LogP contribution in [0.5, 0.6) is 0 Å². The number of rotatable bonds is 4. The maximum Gasteiger partial charge on any atom is 0.145 e. The zero-order valence-electron chi connectivity index (χ0n) is 9.25. The minimum absolute atomic E-state index is 0.125. The lowest BCUT2D eigenvalue weighted by molar-refractivity contribution is 0.214. The van der Waals surface area contributed by atoms with Crippen molar-refractivity contribution in [3.05, 3.63) is 46.4 Å². The minimum atomic E-state index is -0.395. The average Bonchev–Trinajstić information content (AvgIpc) is 2.85. The molecule has 0 radical (unpaired) electrons. The van der Waals surface area contributed by atoms with Crippen molar-refractivity contribution in [1.82, 2.24) is 5.43 Å². The predicted octanol–water partition coefficient (Wildman–Crippen LogP) is 2.16. The molecule has 1 aromatic carbocycles. The molecule has 0 bridgehead atoms. The molecule has 92 valence electrons. The number of nitrogens with one attached hydrogen (secondary N) is 1. The summed E-state index contributed by atoms with van der Waals surface area (Å²) in [6.45, 7) is 0.658. The third-order valence-electron chi connectivity index (χ3n) is 2.73. The van der Waals surface area contributed by atoms with Gasteiger partial charge in [-0.25, -0.2) is 9.82 Å². The van der Waals surface area contributed by atoms with Gasteiger partial charge in [-0.2, -0.15) is 0 Å². The fourth-order valence-corrected chi connectivity index (χ4v) is 2.04. The molecule has 0 aromatic heterocycles. The summed E-state index contributed by atoms with van der Waals surface area (Å²) in [5, 5.41) is 0.125. The predicted molar refractivity (Wildman–Crippen MR) is 64.9 cm³/mol. The first-order chi connectivity index (χ1) is 8.22. The van der Waals surface area contributed by atoms with E-state index >= 15 is 0 Å². The highest BCUT2D eigenvalue weighted by molar-refractivity contribution is 6.30. The highest BCUT2D eigenvalue weighted by Gasteiger charge is 2.20. The van der Waals surface area contributed by atoms with Gasteiger partial charge in [0.15, 0.2) is 0 Å². The van der Waals surface area contributed by atoms with E-state index in [-0.39, 0.29) is 11.1 Å². The lowest BCUT2D eigenvalue weighted by Crippen LogP contribution is -2.38. The molecule has 1 aliphatic heterocycles. The molecule has 3 nitrogen and oxygen atoms in total. The van der Waals surface area contributed by atoms with Crippen molar-refractivity contribution in [2.45, 2.75) is 18.9 Å². The summed E-state index contributed by atoms with van der Waals surface area (Å²) < 4.78 is 19.1. The molecule has 0 spiro atoms. The molecule has 0 saturated carbocycles. The number of ether oxygens (including phenoxy) is 1. The van der Waals surface area contributed by atoms with Crippen LogP contribution in [0, 0.1) is 5.82 Å². The SMILES string of the molecule is NNC(Cc1cccc(Cl)c1F)C1=CCCO1. The Kier molecular flexibility index (Phi) is 3.99. The van der Waals surface area contributed by atoms with Crippen LogP contribution in [0.2, 0.25) is 5.02 Å². The van der Waals surface area contributed by atoms with Gasteiger partial charge in [0.2, 0.25) is 0 Å². The van der Waals surface area contributed by atoms with E-state index in [0.717, 1.165) is 12.2 Å². The van der Waals surface area contributed by atoms with Crippen molar-refractivity contribution in [2.75, 3.05) is 6.61 Å². The maximum atomic E-state index is 13.7. The van der Waals surface area contributed by atoms with Crippen molar-refractivity contribution in [3.63, 3.8) is 0 Å². The van der Waals surface area contributed by atoms with E-state index in [1.807, 2.05) is 6.08 Å². The largest absolute Gasteiger partial charge is 0.496 e. The van der Waals surface area contributed by atoms with Gasteiger partial charge < -0.3 is 4.74 Å². The number of benzene rings is 1. The van der Waals surface area contributed by atoms with Gasteiger partial charge in [0.1, 0.15) is 11.6 Å². The Morgan fingerprint density at radius 1 is 1.53 bits per heavy atom. The Balaban J connectivity index is 2.15. The Hall–Kier alpha value is -1.10. The molecule has 0 saturated heterocycles. The smallest absolute Gasteiger partial charge is 0.145 e. The van der Waals surface area contributed by atoms with E-state index in [4.69, 9.17) is 22.2 Å². The van der Waals surface area contributed by atoms with Gasteiger partial charge in [0, 0.05) is 6.42 Å². The van der Waals surface area contributed by atoms with Crippen molar-refractivity contribution >= 4 is 11.6 Å². The number of hydrogen-bond acceptors (Lipinski definition) is 3. The summed E-state index contributed by atoms with van der Waals surface area (Å²) in [7, 11) is 0. The van der Waals surface area contributed by atoms with E-state index in [1.165, 1.54) is 6.07 Å². The highest BCUT2D eigenvalue weighted by atomic mass is 35.5. The standard InChI is InChI=1S/C12H14ClFN2O/c13-9-4-1-3-8(12(9)14)7-10(16-15)11-5-2-6-17-11/h1,3-5,10,16H,2,6-7,15H2. The van der Waals surface area contributed by atoms with E-state index in [0.29, 0.717) is 18.6 Å². The summed E-state index contributed by atoms with van der Waals surface area (Å²) in [5.74, 6) is 5.84. The van der Waals surface area contributed by atoms with Gasteiger partial charge in [-0.3, -0.25) is 5.84 Å². The lowest BCUT2D eigenvalue weighted by Gasteiger charge is -2.17. The molecular formula is C12H14ClFN2O. The number of hydrogen-bond donors (Lipinski definition) is 2. The molecule has 1 heterocycles. The Morgan fingerprint density at radius 2 is 2.35 bits per heavy atom. The molecule has 0 amide bonds. The molecule has 0 aliphatic carbocycles. The van der Waals surface area contributed by atoms with Crippen LogP contribution >= 0.6 is 11.6 Å². The lowest BCUT2D eigenvalue weighted by atomic mass is 10.0. The van der Waals surface area contributed by atoms with Gasteiger partial charge in [-0.1, -0.05) is 23.7 Å². The maximum absolute atomic E-state index is 13.7. The Morgan fingerprint density at radius 3 is 3.00 bits per heavy atom. The fourth-order valence-electron chi connectivity index (χ4n) is 1.85. The van der Waals surface area contributed by atoms with Crippen molar-refractivity contribution < 1.29 is 9.13 Å². The number of halogens is 2. The third kappa shape index (κ3) is 2.77. The van der Waals surface area contributed by atoms with E-state index in [2.05, 4.69) is 5.43 Å². The van der Waals surface area contributed by atoms with Gasteiger partial charge >= 0.3 is 0 Å². The zero-order valence-corrected chi connectivity index (χ0v) is 10.0. The summed E-state index contributed by atoms with van der Waals surface area (Å²) in [4.78, 5) is 0. The first kappa shape index (κ1) is 12.4. The van der Waals surface area contributed by atoms with Crippen LogP contribution in [0.3, 0.4) is 0 Å².